The van der Waals surface area contributed by atoms with Gasteiger partial charge in [0.2, 0.25) is 0 Å². The average Bonchev–Trinajstić information content (AvgIpc) is 2.41. The van der Waals surface area contributed by atoms with Gasteiger partial charge in [-0.2, -0.15) is 0 Å². The largest absolute Gasteiger partial charge is 0.348 e. The Morgan fingerprint density at radius 3 is 2.10 bits per heavy atom. The highest BCUT2D eigenvalue weighted by molar-refractivity contribution is 6.42. The summed E-state index contributed by atoms with van der Waals surface area (Å²) in [6, 6.07) is 2.65. The molecule has 0 fully saturated rings. The van der Waals surface area contributed by atoms with E-state index in [9.17, 15) is 10.1 Å². The van der Waals surface area contributed by atoms with Crippen LogP contribution in [-0.4, -0.2) is 18.1 Å². The van der Waals surface area contributed by atoms with Gasteiger partial charge in [0.25, 0.3) is 5.69 Å². The molecule has 7 heteroatoms. The maximum absolute atomic E-state index is 11.1. The normalized spacial score (nSPS) is 11.1. The summed E-state index contributed by atoms with van der Waals surface area (Å²) in [6.45, 7) is 4.76. The van der Waals surface area contributed by atoms with Crippen molar-refractivity contribution in [2.24, 2.45) is 0 Å². The van der Waals surface area contributed by atoms with Crippen LogP contribution in [0.15, 0.2) is 12.1 Å². The van der Waals surface area contributed by atoms with Crippen LogP contribution in [0.3, 0.4) is 0 Å². The van der Waals surface area contributed by atoms with E-state index in [0.717, 1.165) is 12.8 Å². The number of rotatable bonds is 8. The topological polar surface area (TPSA) is 61.6 Å². The fraction of sp³-hybridized carbons (Fsp3) is 0.538. The maximum atomic E-state index is 11.1. The minimum absolute atomic E-state index is 0.131. The lowest BCUT2D eigenvalue weighted by Crippen LogP contribution is -2.12. The van der Waals surface area contributed by atoms with Crippen LogP contribution in [0.25, 0.3) is 0 Å². The molecule has 0 aliphatic carbocycles. The van der Waals surface area contributed by atoms with Gasteiger partial charge in [-0.3, -0.25) is 10.1 Å². The van der Waals surface area contributed by atoms with Crippen molar-refractivity contribution in [1.29, 1.82) is 0 Å². The minimum atomic E-state index is -0.815. The van der Waals surface area contributed by atoms with E-state index in [1.54, 1.807) is 0 Å². The van der Waals surface area contributed by atoms with E-state index in [0.29, 0.717) is 13.2 Å². The standard InChI is InChI=1S/C13H17Cl2NO4/c1-3-5-19-13(20-6-4-2)9-7-10(14)11(15)8-12(9)16(17)18/h7-8,13H,3-6H2,1-2H3. The summed E-state index contributed by atoms with van der Waals surface area (Å²) in [5.74, 6) is 0. The number of nitrogens with zero attached hydrogens (tertiary/aromatic N) is 1. The van der Waals surface area contributed by atoms with Crippen LogP contribution < -0.4 is 0 Å². The van der Waals surface area contributed by atoms with Gasteiger partial charge in [-0.1, -0.05) is 37.0 Å². The van der Waals surface area contributed by atoms with Crippen LogP contribution in [0, 0.1) is 10.1 Å². The fourth-order valence-corrected chi connectivity index (χ4v) is 1.91. The third kappa shape index (κ3) is 4.59. The van der Waals surface area contributed by atoms with E-state index < -0.39 is 11.2 Å². The zero-order chi connectivity index (χ0) is 15.1. The molecule has 1 rings (SSSR count). The van der Waals surface area contributed by atoms with Gasteiger partial charge in [0.15, 0.2) is 6.29 Å². The first-order chi connectivity index (χ1) is 9.51. The van der Waals surface area contributed by atoms with Gasteiger partial charge in [-0.25, -0.2) is 0 Å². The van der Waals surface area contributed by atoms with E-state index in [4.69, 9.17) is 32.7 Å². The van der Waals surface area contributed by atoms with Gasteiger partial charge in [-0.05, 0) is 18.9 Å². The van der Waals surface area contributed by atoms with Crippen LogP contribution in [0.2, 0.25) is 10.0 Å². The zero-order valence-electron chi connectivity index (χ0n) is 11.4. The molecule has 0 heterocycles. The van der Waals surface area contributed by atoms with Gasteiger partial charge in [-0.15, -0.1) is 0 Å². The van der Waals surface area contributed by atoms with Gasteiger partial charge in [0, 0.05) is 19.3 Å². The first-order valence-corrected chi connectivity index (χ1v) is 7.13. The molecular formula is C13H17Cl2NO4. The molecule has 0 N–H and O–H groups in total. The van der Waals surface area contributed by atoms with Crippen molar-refractivity contribution < 1.29 is 14.4 Å². The second-order valence-corrected chi connectivity index (χ2v) is 4.97. The molecule has 1 aromatic carbocycles. The molecular weight excluding hydrogens is 305 g/mol. The van der Waals surface area contributed by atoms with Crippen LogP contribution in [0.1, 0.15) is 38.5 Å². The molecule has 0 radical (unpaired) electrons. The molecule has 0 aliphatic heterocycles. The van der Waals surface area contributed by atoms with Crippen molar-refractivity contribution in [2.75, 3.05) is 13.2 Å². The lowest BCUT2D eigenvalue weighted by Gasteiger charge is -2.19. The van der Waals surface area contributed by atoms with E-state index >= 15 is 0 Å². The first-order valence-electron chi connectivity index (χ1n) is 6.37. The summed E-state index contributed by atoms with van der Waals surface area (Å²) < 4.78 is 11.1. The van der Waals surface area contributed by atoms with Gasteiger partial charge in [0.05, 0.1) is 20.5 Å². The molecule has 0 aliphatic rings. The van der Waals surface area contributed by atoms with Gasteiger partial charge >= 0.3 is 0 Å². The van der Waals surface area contributed by atoms with Crippen molar-refractivity contribution in [3.05, 3.63) is 37.9 Å². The van der Waals surface area contributed by atoms with E-state index in [1.807, 2.05) is 13.8 Å². The highest BCUT2D eigenvalue weighted by Gasteiger charge is 2.25. The summed E-state index contributed by atoms with van der Waals surface area (Å²) in [5.41, 5.74) is 0.128. The monoisotopic (exact) mass is 321 g/mol. The Labute approximate surface area is 127 Å². The number of ether oxygens (including phenoxy) is 2. The summed E-state index contributed by atoms with van der Waals surface area (Å²) in [4.78, 5) is 10.6. The predicted octanol–water partition coefficient (Wildman–Crippen LogP) is 4.75. The molecule has 5 nitrogen and oxygen atoms in total. The van der Waals surface area contributed by atoms with Crippen molar-refractivity contribution in [3.8, 4) is 0 Å². The Hall–Kier alpha value is -0.880. The maximum Gasteiger partial charge on any atom is 0.279 e. The summed E-state index contributed by atoms with van der Waals surface area (Å²) >= 11 is 11.8. The molecule has 0 amide bonds. The van der Waals surface area contributed by atoms with E-state index in [-0.39, 0.29) is 21.3 Å². The molecule has 0 spiro atoms. The number of nitro groups is 1. The number of benzene rings is 1. The lowest BCUT2D eigenvalue weighted by atomic mass is 10.1. The molecule has 0 aromatic heterocycles. The molecule has 0 unspecified atom stereocenters. The summed E-state index contributed by atoms with van der Waals surface area (Å²) in [6.07, 6.45) is 0.743. The Balaban J connectivity index is 3.15. The second-order valence-electron chi connectivity index (χ2n) is 4.16. The van der Waals surface area contributed by atoms with Crippen LogP contribution in [0.4, 0.5) is 5.69 Å². The third-order valence-corrected chi connectivity index (χ3v) is 3.19. The Morgan fingerprint density at radius 1 is 1.15 bits per heavy atom. The van der Waals surface area contributed by atoms with Crippen molar-refractivity contribution in [3.63, 3.8) is 0 Å². The summed E-state index contributed by atoms with van der Waals surface area (Å²) in [7, 11) is 0. The molecule has 0 saturated carbocycles. The predicted molar refractivity (Wildman–Crippen MR) is 78.3 cm³/mol. The number of hydrogen-bond acceptors (Lipinski definition) is 4. The molecule has 0 bridgehead atoms. The molecule has 112 valence electrons. The van der Waals surface area contributed by atoms with Gasteiger partial charge < -0.3 is 9.47 Å². The number of hydrogen-bond donors (Lipinski definition) is 0. The number of halogens is 2. The Kier molecular flexibility index (Phi) is 7.23. The Bertz CT molecular complexity index is 460. The average molecular weight is 322 g/mol. The van der Waals surface area contributed by atoms with Crippen LogP contribution in [0.5, 0.6) is 0 Å². The second kappa shape index (κ2) is 8.42. The van der Waals surface area contributed by atoms with Crippen molar-refractivity contribution in [1.82, 2.24) is 0 Å². The number of nitro benzene ring substituents is 1. The smallest absolute Gasteiger partial charge is 0.279 e. The molecule has 20 heavy (non-hydrogen) atoms. The van der Waals surface area contributed by atoms with Gasteiger partial charge in [0.1, 0.15) is 0 Å². The first kappa shape index (κ1) is 17.2. The quantitative estimate of drug-likeness (QED) is 0.393. The van der Waals surface area contributed by atoms with Crippen molar-refractivity contribution in [2.45, 2.75) is 33.0 Å². The SMILES string of the molecule is CCCOC(OCCC)c1cc(Cl)c(Cl)cc1[N+](=O)[O-]. The van der Waals surface area contributed by atoms with Crippen molar-refractivity contribution >= 4 is 28.9 Å². The highest BCUT2D eigenvalue weighted by atomic mass is 35.5. The molecule has 0 atom stereocenters. The minimum Gasteiger partial charge on any atom is -0.348 e. The zero-order valence-corrected chi connectivity index (χ0v) is 12.9. The highest BCUT2D eigenvalue weighted by Crippen LogP contribution is 2.35. The third-order valence-electron chi connectivity index (χ3n) is 2.47. The summed E-state index contributed by atoms with van der Waals surface area (Å²) in [5, 5.41) is 11.5. The molecule has 1 aromatic rings. The van der Waals surface area contributed by atoms with Crippen LogP contribution >= 0.6 is 23.2 Å². The Morgan fingerprint density at radius 2 is 1.65 bits per heavy atom. The van der Waals surface area contributed by atoms with Crippen LogP contribution in [-0.2, 0) is 9.47 Å². The molecule has 0 saturated heterocycles. The van der Waals surface area contributed by atoms with E-state index in [2.05, 4.69) is 0 Å². The fourth-order valence-electron chi connectivity index (χ4n) is 1.58. The van der Waals surface area contributed by atoms with E-state index in [1.165, 1.54) is 12.1 Å². The lowest BCUT2D eigenvalue weighted by molar-refractivity contribution is -0.387.